The van der Waals surface area contributed by atoms with Gasteiger partial charge < -0.3 is 42.5 Å². The molecular weight excluding hydrogens is 664 g/mol. The summed E-state index contributed by atoms with van der Waals surface area (Å²) in [6.07, 6.45) is 6.18. The highest BCUT2D eigenvalue weighted by Crippen LogP contribution is 2.22. The first-order valence-electron chi connectivity index (χ1n) is 17.1. The van der Waals surface area contributed by atoms with Crippen molar-refractivity contribution >= 4 is 47.4 Å². The van der Waals surface area contributed by atoms with Crippen molar-refractivity contribution in [3.8, 4) is 0 Å². The molecule has 1 aromatic carbocycles. The lowest BCUT2D eigenvalue weighted by atomic mass is 9.91. The van der Waals surface area contributed by atoms with Crippen molar-refractivity contribution in [1.82, 2.24) is 26.6 Å². The first-order chi connectivity index (χ1) is 23.9. The van der Waals surface area contributed by atoms with Crippen LogP contribution in [0.5, 0.6) is 0 Å². The second-order valence-electron chi connectivity index (χ2n) is 13.0. The molecule has 1 fully saturated rings. The quantitative estimate of drug-likeness (QED) is 0.113. The van der Waals surface area contributed by atoms with E-state index in [-0.39, 0.29) is 19.3 Å². The lowest BCUT2D eigenvalue weighted by molar-refractivity contribution is -0.142. The fourth-order valence-corrected chi connectivity index (χ4v) is 4.61. The molecule has 0 aromatic heterocycles. The van der Waals surface area contributed by atoms with E-state index in [9.17, 15) is 43.5 Å². The fourth-order valence-electron chi connectivity index (χ4n) is 4.61. The number of nitrogens with two attached hydrogens (primary N) is 1. The Hall–Kier alpha value is -5.02. The van der Waals surface area contributed by atoms with E-state index < -0.39 is 85.0 Å². The molecule has 16 nitrogen and oxygen atoms in total. The van der Waals surface area contributed by atoms with Crippen LogP contribution in [0.2, 0.25) is 0 Å². The smallest absolute Gasteiger partial charge is 0.326 e. The molecule has 0 aliphatic heterocycles. The second kappa shape index (κ2) is 25.9. The Labute approximate surface area is 299 Å². The summed E-state index contributed by atoms with van der Waals surface area (Å²) in [7, 11) is 0. The highest BCUT2D eigenvalue weighted by molar-refractivity contribution is 5.95. The number of carbonyl (C=O) groups is 8. The van der Waals surface area contributed by atoms with Gasteiger partial charge in [0.25, 0.3) is 0 Å². The number of carbonyl (C=O) groups excluding carboxylic acids is 6. The van der Waals surface area contributed by atoms with Gasteiger partial charge in [0.05, 0.1) is 19.5 Å². The average Bonchev–Trinajstić information content (AvgIpc) is 3.04. The predicted octanol–water partition coefficient (Wildman–Crippen LogP) is 1.01. The first-order valence-corrected chi connectivity index (χ1v) is 17.1. The summed E-state index contributed by atoms with van der Waals surface area (Å²) in [4.78, 5) is 94.3. The number of aliphatic carboxylic acids is 2. The maximum Gasteiger partial charge on any atom is 0.326 e. The van der Waals surface area contributed by atoms with Crippen molar-refractivity contribution < 1.29 is 48.6 Å². The molecular formula is C35H56N6O10. The van der Waals surface area contributed by atoms with Crippen molar-refractivity contribution in [2.24, 2.45) is 17.6 Å². The van der Waals surface area contributed by atoms with Crippen LogP contribution in [0.4, 0.5) is 0 Å². The SMILES string of the molecule is CC(=O)NC(CCC(N)=O)C(=O)NCC(=O)NC(CC(=O)O)C(=O)NCC(=O)NC(Cc1ccccc1)C(=O)O.CC(C)C.CC1CCCCC1. The van der Waals surface area contributed by atoms with E-state index in [4.69, 9.17) is 10.8 Å². The highest BCUT2D eigenvalue weighted by Gasteiger charge is 2.26. The van der Waals surface area contributed by atoms with Gasteiger partial charge in [-0.05, 0) is 23.8 Å². The van der Waals surface area contributed by atoms with E-state index in [1.807, 2.05) is 0 Å². The topological polar surface area (TPSA) is 263 Å². The number of primary amides is 1. The molecule has 1 saturated carbocycles. The van der Waals surface area contributed by atoms with Gasteiger partial charge in [-0.2, -0.15) is 0 Å². The molecule has 1 aliphatic rings. The van der Waals surface area contributed by atoms with E-state index in [1.165, 1.54) is 32.1 Å². The molecule has 3 atom stereocenters. The third-order valence-electron chi connectivity index (χ3n) is 7.06. The zero-order valence-electron chi connectivity index (χ0n) is 30.3. The number of benzene rings is 1. The molecule has 0 heterocycles. The number of hydrogen-bond acceptors (Lipinski definition) is 8. The van der Waals surface area contributed by atoms with Gasteiger partial charge in [0.1, 0.15) is 18.1 Å². The van der Waals surface area contributed by atoms with Gasteiger partial charge in [0, 0.05) is 19.8 Å². The van der Waals surface area contributed by atoms with Crippen LogP contribution in [-0.4, -0.2) is 88.8 Å². The van der Waals surface area contributed by atoms with Crippen LogP contribution in [0.25, 0.3) is 0 Å². The maximum atomic E-state index is 12.5. The highest BCUT2D eigenvalue weighted by atomic mass is 16.4. The third kappa shape index (κ3) is 24.7. The molecule has 0 radical (unpaired) electrons. The molecule has 51 heavy (non-hydrogen) atoms. The molecule has 6 amide bonds. The fraction of sp³-hybridized carbons (Fsp3) is 0.600. The van der Waals surface area contributed by atoms with Crippen molar-refractivity contribution in [2.75, 3.05) is 13.1 Å². The number of carboxylic acids is 2. The molecule has 2 rings (SSSR count). The van der Waals surface area contributed by atoms with Gasteiger partial charge >= 0.3 is 11.9 Å². The number of amides is 6. The lowest BCUT2D eigenvalue weighted by Gasteiger charge is -2.19. The molecule has 16 heteroatoms. The third-order valence-corrected chi connectivity index (χ3v) is 7.06. The van der Waals surface area contributed by atoms with Crippen LogP contribution >= 0.6 is 0 Å². The standard InChI is InChI=1S/C24H32N6O10.C7H14.C4H10/c1-13(31)28-15(7-8-18(25)32)22(37)26-11-19(33)29-16(10-21(35)36)23(38)27-12-20(34)30-17(24(39)40)9-14-5-3-2-4-6-14;1-7-5-3-2-4-6-7;1-4(2)3/h2-6,15-17H,7-12H2,1H3,(H2,25,32)(H,26,37)(H,27,38)(H,28,31)(H,29,33)(H,30,34)(H,35,36)(H,39,40);7H,2-6H2,1H3;4H,1-3H3. The summed E-state index contributed by atoms with van der Waals surface area (Å²) in [5.41, 5.74) is 5.69. The predicted molar refractivity (Wildman–Crippen MR) is 189 cm³/mol. The number of nitrogens with one attached hydrogen (secondary N) is 5. The van der Waals surface area contributed by atoms with E-state index in [2.05, 4.69) is 54.3 Å². The Kier molecular flexibility index (Phi) is 23.3. The Balaban J connectivity index is 0.00000193. The monoisotopic (exact) mass is 720 g/mol. The van der Waals surface area contributed by atoms with E-state index in [0.29, 0.717) is 5.56 Å². The Morgan fingerprint density at radius 2 is 1.25 bits per heavy atom. The van der Waals surface area contributed by atoms with Gasteiger partial charge in [-0.3, -0.25) is 33.6 Å². The van der Waals surface area contributed by atoms with E-state index in [0.717, 1.165) is 18.8 Å². The van der Waals surface area contributed by atoms with Crippen LogP contribution in [0.1, 0.15) is 91.5 Å². The molecule has 9 N–H and O–H groups in total. The van der Waals surface area contributed by atoms with E-state index in [1.54, 1.807) is 30.3 Å². The first kappa shape index (κ1) is 46.0. The van der Waals surface area contributed by atoms with Gasteiger partial charge in [0.2, 0.25) is 35.4 Å². The van der Waals surface area contributed by atoms with Crippen LogP contribution in [-0.2, 0) is 44.8 Å². The normalized spacial score (nSPS) is 14.0. The minimum atomic E-state index is -1.64. The number of carboxylic acid groups (broad SMARTS) is 2. The summed E-state index contributed by atoms with van der Waals surface area (Å²) in [6.45, 7) is 8.57. The van der Waals surface area contributed by atoms with Crippen molar-refractivity contribution in [3.05, 3.63) is 35.9 Å². The largest absolute Gasteiger partial charge is 0.481 e. The summed E-state index contributed by atoms with van der Waals surface area (Å²) in [5.74, 6) is -5.91. The summed E-state index contributed by atoms with van der Waals surface area (Å²) in [5, 5.41) is 29.5. The summed E-state index contributed by atoms with van der Waals surface area (Å²) >= 11 is 0. The Morgan fingerprint density at radius 3 is 1.67 bits per heavy atom. The van der Waals surface area contributed by atoms with Crippen LogP contribution < -0.4 is 32.3 Å². The van der Waals surface area contributed by atoms with Gasteiger partial charge in [-0.15, -0.1) is 0 Å². The van der Waals surface area contributed by atoms with Crippen LogP contribution in [0, 0.1) is 11.8 Å². The van der Waals surface area contributed by atoms with Crippen molar-refractivity contribution in [3.63, 3.8) is 0 Å². The maximum absolute atomic E-state index is 12.5. The van der Waals surface area contributed by atoms with Crippen molar-refractivity contribution in [1.29, 1.82) is 0 Å². The minimum Gasteiger partial charge on any atom is -0.481 e. The minimum absolute atomic E-state index is 0.0232. The lowest BCUT2D eigenvalue weighted by Crippen LogP contribution is -2.54. The molecule has 286 valence electrons. The molecule has 0 saturated heterocycles. The molecule has 1 aliphatic carbocycles. The van der Waals surface area contributed by atoms with Crippen molar-refractivity contribution in [2.45, 2.75) is 111 Å². The van der Waals surface area contributed by atoms with Crippen LogP contribution in [0.15, 0.2) is 30.3 Å². The van der Waals surface area contributed by atoms with Gasteiger partial charge in [0.15, 0.2) is 0 Å². The molecule has 0 bridgehead atoms. The second-order valence-corrected chi connectivity index (χ2v) is 13.0. The van der Waals surface area contributed by atoms with Gasteiger partial charge in [-0.25, -0.2) is 4.79 Å². The summed E-state index contributed by atoms with van der Waals surface area (Å²) < 4.78 is 0. The van der Waals surface area contributed by atoms with E-state index >= 15 is 0 Å². The number of rotatable bonds is 17. The van der Waals surface area contributed by atoms with Gasteiger partial charge in [-0.1, -0.05) is 90.1 Å². The van der Waals surface area contributed by atoms with Crippen LogP contribution in [0.3, 0.4) is 0 Å². The zero-order chi connectivity index (χ0) is 38.9. The Morgan fingerprint density at radius 1 is 0.765 bits per heavy atom. The summed E-state index contributed by atoms with van der Waals surface area (Å²) in [6, 6.07) is 4.37. The molecule has 0 spiro atoms. The molecule has 1 aromatic rings. The molecule has 3 unspecified atom stereocenters. The Bertz CT molecular complexity index is 1280. The average molecular weight is 721 g/mol. The number of hydrogen-bond donors (Lipinski definition) is 8. The zero-order valence-corrected chi connectivity index (χ0v) is 30.3.